The van der Waals surface area contributed by atoms with Gasteiger partial charge in [0.15, 0.2) is 5.76 Å². The Kier molecular flexibility index (Phi) is 5.81. The van der Waals surface area contributed by atoms with Gasteiger partial charge in [0.1, 0.15) is 12.4 Å². The first-order valence-electron chi connectivity index (χ1n) is 11.9. The maximum Gasteiger partial charge on any atom is 0.346 e. The van der Waals surface area contributed by atoms with E-state index in [0.29, 0.717) is 25.0 Å². The molecule has 0 amide bonds. The molecule has 3 aliphatic rings. The van der Waals surface area contributed by atoms with E-state index < -0.39 is 34.6 Å². The number of esters is 2. The van der Waals surface area contributed by atoms with Crippen LogP contribution in [0.3, 0.4) is 0 Å². The number of furan rings is 1. The molecule has 1 saturated heterocycles. The number of hydrogen-bond acceptors (Lipinski definition) is 9. The van der Waals surface area contributed by atoms with Gasteiger partial charge in [-0.3, -0.25) is 9.59 Å². The highest BCUT2D eigenvalue weighted by molar-refractivity contribution is 6.03. The summed E-state index contributed by atoms with van der Waals surface area (Å²) >= 11 is 0. The minimum Gasteiger partial charge on any atom is -0.490 e. The molecule has 2 aromatic heterocycles. The fourth-order valence-corrected chi connectivity index (χ4v) is 6.63. The fourth-order valence-electron chi connectivity index (χ4n) is 6.63. The predicted molar refractivity (Wildman–Crippen MR) is 125 cm³/mol. The van der Waals surface area contributed by atoms with Gasteiger partial charge in [0.05, 0.1) is 36.9 Å². The summed E-state index contributed by atoms with van der Waals surface area (Å²) in [6.07, 6.45) is 9.97. The third-order valence-corrected chi connectivity index (χ3v) is 8.30. The Morgan fingerprint density at radius 1 is 1.19 bits per heavy atom. The standard InChI is InChI=1S/C27H28N2O7/c1-15-18-5-7-26(2)19(25(32)33-4)9-20(36-24(31)17-11-28-14-29-12-17)22(30)23(26)27(18,3)10-21(35-15)16-6-8-34-13-16/h6,8-9,11-14,18-19,21,23H,1,5,7,10H2,2-4H3/t18-,19-,21-,23-,26-,27-/m0/s1. The van der Waals surface area contributed by atoms with Crippen molar-refractivity contribution < 1.29 is 33.0 Å². The third kappa shape index (κ3) is 3.65. The lowest BCUT2D eigenvalue weighted by atomic mass is 9.44. The highest BCUT2D eigenvalue weighted by Gasteiger charge is 2.65. The summed E-state index contributed by atoms with van der Waals surface area (Å²) < 4.78 is 22.2. The van der Waals surface area contributed by atoms with Gasteiger partial charge in [0, 0.05) is 29.8 Å². The first-order valence-corrected chi connectivity index (χ1v) is 11.9. The summed E-state index contributed by atoms with van der Waals surface area (Å²) in [7, 11) is 1.32. The second kappa shape index (κ2) is 8.72. The van der Waals surface area contributed by atoms with Crippen LogP contribution >= 0.6 is 0 Å². The largest absolute Gasteiger partial charge is 0.490 e. The molecule has 2 fully saturated rings. The number of ketones is 1. The first kappa shape index (κ1) is 24.0. The number of carbonyl (C=O) groups is 3. The molecule has 1 saturated carbocycles. The molecular formula is C27H28N2O7. The number of aromatic nitrogens is 2. The number of fused-ring (bicyclic) bond motifs is 3. The van der Waals surface area contributed by atoms with E-state index in [1.807, 2.05) is 19.9 Å². The molecule has 0 spiro atoms. The smallest absolute Gasteiger partial charge is 0.346 e. The number of carbonyl (C=O) groups excluding carboxylic acids is 3. The van der Waals surface area contributed by atoms with E-state index >= 15 is 0 Å². The van der Waals surface area contributed by atoms with Crippen molar-refractivity contribution in [2.45, 2.75) is 39.2 Å². The molecule has 6 atom stereocenters. The molecule has 9 heteroatoms. The Bertz CT molecular complexity index is 1240. The normalized spacial score (nSPS) is 33.5. The van der Waals surface area contributed by atoms with Crippen molar-refractivity contribution in [3.05, 3.63) is 72.6 Å². The maximum absolute atomic E-state index is 14.1. The minimum atomic E-state index is -0.777. The zero-order valence-electron chi connectivity index (χ0n) is 20.4. The van der Waals surface area contributed by atoms with Gasteiger partial charge >= 0.3 is 11.9 Å². The second-order valence-electron chi connectivity index (χ2n) is 10.3. The summed E-state index contributed by atoms with van der Waals surface area (Å²) in [5, 5.41) is 0. The van der Waals surface area contributed by atoms with Crippen molar-refractivity contribution in [1.29, 1.82) is 0 Å². The summed E-state index contributed by atoms with van der Waals surface area (Å²) in [4.78, 5) is 47.6. The molecule has 1 aliphatic heterocycles. The molecule has 0 N–H and O–H groups in total. The van der Waals surface area contributed by atoms with Gasteiger partial charge in [0.2, 0.25) is 5.78 Å². The Labute approximate surface area is 208 Å². The van der Waals surface area contributed by atoms with E-state index in [0.717, 1.165) is 5.56 Å². The fraction of sp³-hybridized carbons (Fsp3) is 0.444. The number of methoxy groups -OCH3 is 1. The SMILES string of the molecule is C=C1O[C@H](c2ccoc2)C[C@]2(C)[C@H]3C(=O)C(OC(=O)c4cncnc4)=C[C@@H](C(=O)OC)[C@]3(C)CC[C@@H]12. The molecule has 36 heavy (non-hydrogen) atoms. The zero-order valence-corrected chi connectivity index (χ0v) is 20.4. The van der Waals surface area contributed by atoms with Crippen LogP contribution in [-0.2, 0) is 23.8 Å². The molecule has 9 nitrogen and oxygen atoms in total. The minimum absolute atomic E-state index is 0.0985. The lowest BCUT2D eigenvalue weighted by molar-refractivity contribution is -0.174. The average Bonchev–Trinajstić information content (AvgIpc) is 3.40. The van der Waals surface area contributed by atoms with Crippen LogP contribution in [0.15, 0.2) is 65.9 Å². The molecule has 2 aromatic rings. The van der Waals surface area contributed by atoms with Crippen LogP contribution in [-0.4, -0.2) is 34.8 Å². The Balaban J connectivity index is 1.57. The van der Waals surface area contributed by atoms with Gasteiger partial charge in [-0.05, 0) is 42.2 Å². The Morgan fingerprint density at radius 3 is 2.61 bits per heavy atom. The lowest BCUT2D eigenvalue weighted by Crippen LogP contribution is -2.60. The molecule has 5 rings (SSSR count). The van der Waals surface area contributed by atoms with Gasteiger partial charge < -0.3 is 18.6 Å². The molecule has 0 unspecified atom stereocenters. The number of rotatable bonds is 4. The highest BCUT2D eigenvalue weighted by Crippen LogP contribution is 2.66. The van der Waals surface area contributed by atoms with Gasteiger partial charge in [-0.2, -0.15) is 0 Å². The van der Waals surface area contributed by atoms with Crippen LogP contribution in [0, 0.1) is 28.6 Å². The summed E-state index contributed by atoms with van der Waals surface area (Å²) in [6.45, 7) is 8.19. The van der Waals surface area contributed by atoms with Crippen LogP contribution in [0.2, 0.25) is 0 Å². The van der Waals surface area contributed by atoms with Crippen molar-refractivity contribution in [2.75, 3.05) is 7.11 Å². The van der Waals surface area contributed by atoms with E-state index in [2.05, 4.69) is 16.5 Å². The monoisotopic (exact) mass is 492 g/mol. The van der Waals surface area contributed by atoms with Crippen molar-refractivity contribution in [1.82, 2.24) is 9.97 Å². The van der Waals surface area contributed by atoms with Crippen LogP contribution < -0.4 is 0 Å². The first-order chi connectivity index (χ1) is 17.2. The highest BCUT2D eigenvalue weighted by atomic mass is 16.5. The van der Waals surface area contributed by atoms with E-state index in [1.165, 1.54) is 31.9 Å². The number of hydrogen-bond donors (Lipinski definition) is 0. The van der Waals surface area contributed by atoms with Gasteiger partial charge in [0.25, 0.3) is 0 Å². The molecule has 0 bridgehead atoms. The summed E-state index contributed by atoms with van der Waals surface area (Å²) in [6, 6.07) is 1.83. The number of ether oxygens (including phenoxy) is 3. The van der Waals surface area contributed by atoms with Crippen LogP contribution in [0.5, 0.6) is 0 Å². The van der Waals surface area contributed by atoms with Gasteiger partial charge in [-0.15, -0.1) is 0 Å². The second-order valence-corrected chi connectivity index (χ2v) is 10.3. The quantitative estimate of drug-likeness (QED) is 0.579. The number of Topliss-reactive ketones (excluding diaryl/α,β-unsaturated/α-hetero) is 1. The molecule has 0 radical (unpaired) electrons. The molecule has 0 aromatic carbocycles. The predicted octanol–water partition coefficient (Wildman–Crippen LogP) is 4.20. The van der Waals surface area contributed by atoms with Crippen molar-refractivity contribution in [3.8, 4) is 0 Å². The number of nitrogens with zero attached hydrogens (tertiary/aromatic N) is 2. The van der Waals surface area contributed by atoms with E-state index in [1.54, 1.807) is 12.5 Å². The maximum atomic E-state index is 14.1. The van der Waals surface area contributed by atoms with E-state index in [9.17, 15) is 14.4 Å². The Morgan fingerprint density at radius 2 is 1.94 bits per heavy atom. The molecule has 3 heterocycles. The van der Waals surface area contributed by atoms with Crippen molar-refractivity contribution in [3.63, 3.8) is 0 Å². The van der Waals surface area contributed by atoms with E-state index in [4.69, 9.17) is 18.6 Å². The summed E-state index contributed by atoms with van der Waals surface area (Å²) in [5.74, 6) is -2.67. The topological polar surface area (TPSA) is 118 Å². The van der Waals surface area contributed by atoms with Crippen molar-refractivity contribution >= 4 is 17.7 Å². The van der Waals surface area contributed by atoms with E-state index in [-0.39, 0.29) is 29.1 Å². The number of allylic oxidation sites excluding steroid dienone is 2. The zero-order chi connectivity index (χ0) is 25.7. The van der Waals surface area contributed by atoms with Crippen molar-refractivity contribution in [2.24, 2.45) is 28.6 Å². The van der Waals surface area contributed by atoms with Crippen LogP contribution in [0.4, 0.5) is 0 Å². The van der Waals surface area contributed by atoms with Gasteiger partial charge in [-0.25, -0.2) is 14.8 Å². The van der Waals surface area contributed by atoms with Crippen LogP contribution in [0.1, 0.15) is 55.1 Å². The third-order valence-electron chi connectivity index (χ3n) is 8.30. The van der Waals surface area contributed by atoms with Crippen LogP contribution in [0.25, 0.3) is 0 Å². The molecule has 188 valence electrons. The average molecular weight is 493 g/mol. The van der Waals surface area contributed by atoms with Gasteiger partial charge in [-0.1, -0.05) is 20.4 Å². The lowest BCUT2D eigenvalue weighted by Gasteiger charge is -2.60. The molecular weight excluding hydrogens is 464 g/mol. The summed E-state index contributed by atoms with van der Waals surface area (Å²) in [5.41, 5.74) is -0.432. The Hall–Kier alpha value is -3.75. The molecule has 2 aliphatic carbocycles.